The zero-order valence-corrected chi connectivity index (χ0v) is 14.3. The highest BCUT2D eigenvalue weighted by molar-refractivity contribution is 5.91. The summed E-state index contributed by atoms with van der Waals surface area (Å²) < 4.78 is 19.4. The van der Waals surface area contributed by atoms with Crippen LogP contribution in [0.4, 0.5) is 4.39 Å². The zero-order chi connectivity index (χ0) is 17.2. The summed E-state index contributed by atoms with van der Waals surface area (Å²) in [5.41, 5.74) is -0.465. The van der Waals surface area contributed by atoms with Gasteiger partial charge in [-0.3, -0.25) is 4.79 Å². The third-order valence-corrected chi connectivity index (χ3v) is 5.67. The average molecular weight is 335 g/mol. The van der Waals surface area contributed by atoms with Crippen LogP contribution in [-0.4, -0.2) is 49.3 Å². The minimum absolute atomic E-state index is 0.0162. The number of hydrogen-bond acceptors (Lipinski definition) is 3. The summed E-state index contributed by atoms with van der Waals surface area (Å²) in [5.74, 6) is -0.282. The topological polar surface area (TPSA) is 49.8 Å². The van der Waals surface area contributed by atoms with Gasteiger partial charge in [0.15, 0.2) is 0 Å². The first-order chi connectivity index (χ1) is 11.6. The standard InChI is InChI=1S/C19H26FNO3/c1-24-12-10-18(14-22)7-4-11-21(13-18)17(23)19(8-9-19)15-5-2-3-6-16(15)20/h2-3,5-6,22H,4,7-14H2,1H3. The van der Waals surface area contributed by atoms with Crippen LogP contribution >= 0.6 is 0 Å². The van der Waals surface area contributed by atoms with Gasteiger partial charge in [0.05, 0.1) is 12.0 Å². The van der Waals surface area contributed by atoms with Crippen LogP contribution in [0.1, 0.15) is 37.7 Å². The maximum Gasteiger partial charge on any atom is 0.233 e. The number of carbonyl (C=O) groups excluding carboxylic acids is 1. The van der Waals surface area contributed by atoms with Gasteiger partial charge in [-0.15, -0.1) is 0 Å². The van der Waals surface area contributed by atoms with E-state index < -0.39 is 5.41 Å². The van der Waals surface area contributed by atoms with Gasteiger partial charge in [-0.1, -0.05) is 18.2 Å². The number of rotatable bonds is 6. The van der Waals surface area contributed by atoms with Gasteiger partial charge >= 0.3 is 0 Å². The molecule has 0 radical (unpaired) electrons. The summed E-state index contributed by atoms with van der Waals surface area (Å²) in [6.45, 7) is 1.83. The van der Waals surface area contributed by atoms with Gasteiger partial charge in [-0.05, 0) is 38.2 Å². The fourth-order valence-electron chi connectivity index (χ4n) is 3.99. The summed E-state index contributed by atoms with van der Waals surface area (Å²) in [6, 6.07) is 6.60. The Hall–Kier alpha value is -1.46. The number of nitrogens with zero attached hydrogens (tertiary/aromatic N) is 1. The Balaban J connectivity index is 1.79. The Morgan fingerprint density at radius 3 is 2.71 bits per heavy atom. The van der Waals surface area contributed by atoms with Gasteiger partial charge in [-0.25, -0.2) is 4.39 Å². The smallest absolute Gasteiger partial charge is 0.233 e. The molecule has 1 saturated heterocycles. The van der Waals surface area contributed by atoms with Crippen molar-refractivity contribution in [2.45, 2.75) is 37.5 Å². The van der Waals surface area contributed by atoms with E-state index >= 15 is 0 Å². The highest BCUT2D eigenvalue weighted by atomic mass is 19.1. The largest absolute Gasteiger partial charge is 0.396 e. The van der Waals surface area contributed by atoms with Gasteiger partial charge < -0.3 is 14.7 Å². The van der Waals surface area contributed by atoms with E-state index in [4.69, 9.17) is 4.74 Å². The number of methoxy groups -OCH3 is 1. The molecule has 1 atom stereocenters. The lowest BCUT2D eigenvalue weighted by Gasteiger charge is -2.43. The molecule has 1 N–H and O–H groups in total. The third kappa shape index (κ3) is 3.07. The molecule has 5 heteroatoms. The third-order valence-electron chi connectivity index (χ3n) is 5.67. The lowest BCUT2D eigenvalue weighted by Crippen LogP contribution is -2.51. The maximum atomic E-state index is 14.2. The molecule has 1 aliphatic heterocycles. The van der Waals surface area contributed by atoms with Crippen LogP contribution in [0.25, 0.3) is 0 Å². The fourth-order valence-corrected chi connectivity index (χ4v) is 3.99. The van der Waals surface area contributed by atoms with Crippen LogP contribution in [0.3, 0.4) is 0 Å². The monoisotopic (exact) mass is 335 g/mol. The van der Waals surface area contributed by atoms with Gasteiger partial charge in [0.25, 0.3) is 0 Å². The highest BCUT2D eigenvalue weighted by Gasteiger charge is 2.55. The van der Waals surface area contributed by atoms with Crippen molar-refractivity contribution in [3.63, 3.8) is 0 Å². The Kier molecular flexibility index (Phi) is 4.92. The normalized spacial score (nSPS) is 25.5. The molecule has 1 unspecified atom stereocenters. The van der Waals surface area contributed by atoms with Crippen molar-refractivity contribution in [1.82, 2.24) is 4.90 Å². The number of benzene rings is 1. The van der Waals surface area contributed by atoms with Gasteiger partial charge in [0.1, 0.15) is 5.82 Å². The Morgan fingerprint density at radius 2 is 2.08 bits per heavy atom. The van der Waals surface area contributed by atoms with E-state index in [2.05, 4.69) is 0 Å². The van der Waals surface area contributed by atoms with E-state index in [1.807, 2.05) is 4.90 Å². The molecule has 0 spiro atoms. The van der Waals surface area contributed by atoms with Crippen molar-refractivity contribution in [3.05, 3.63) is 35.6 Å². The Labute approximate surface area is 142 Å². The SMILES string of the molecule is COCCC1(CO)CCCN(C(=O)C2(c3ccccc3F)CC2)C1. The molecule has 1 aromatic rings. The number of likely N-dealkylation sites (tertiary alicyclic amines) is 1. The van der Waals surface area contributed by atoms with Crippen molar-refractivity contribution in [3.8, 4) is 0 Å². The van der Waals surface area contributed by atoms with E-state index in [1.165, 1.54) is 6.07 Å². The molecular weight excluding hydrogens is 309 g/mol. The first-order valence-corrected chi connectivity index (χ1v) is 8.71. The second-order valence-electron chi connectivity index (χ2n) is 7.29. The first kappa shape index (κ1) is 17.4. The molecule has 1 aromatic carbocycles. The minimum Gasteiger partial charge on any atom is -0.396 e. The number of aliphatic hydroxyl groups excluding tert-OH is 1. The summed E-state index contributed by atoms with van der Waals surface area (Å²) in [4.78, 5) is 15.0. The van der Waals surface area contributed by atoms with E-state index in [-0.39, 0.29) is 23.7 Å². The highest BCUT2D eigenvalue weighted by Crippen LogP contribution is 2.51. The predicted molar refractivity (Wildman–Crippen MR) is 89.1 cm³/mol. The van der Waals surface area contributed by atoms with Crippen molar-refractivity contribution in [1.29, 1.82) is 0 Å². The number of ether oxygens (including phenoxy) is 1. The number of halogens is 1. The maximum absolute atomic E-state index is 14.2. The number of carbonyl (C=O) groups is 1. The summed E-state index contributed by atoms with van der Waals surface area (Å²) in [5, 5.41) is 9.89. The molecule has 1 amide bonds. The molecule has 3 rings (SSSR count). The second-order valence-corrected chi connectivity index (χ2v) is 7.29. The zero-order valence-electron chi connectivity index (χ0n) is 14.3. The molecular formula is C19H26FNO3. The summed E-state index contributed by atoms with van der Waals surface area (Å²) in [7, 11) is 1.65. The van der Waals surface area contributed by atoms with Crippen LogP contribution in [0.15, 0.2) is 24.3 Å². The number of hydrogen-bond donors (Lipinski definition) is 1. The van der Waals surface area contributed by atoms with E-state index in [0.29, 0.717) is 38.1 Å². The fraction of sp³-hybridized carbons (Fsp3) is 0.632. The van der Waals surface area contributed by atoms with Crippen molar-refractivity contribution in [2.24, 2.45) is 5.41 Å². The number of amides is 1. The van der Waals surface area contributed by atoms with Crippen LogP contribution < -0.4 is 0 Å². The average Bonchev–Trinajstić information content (AvgIpc) is 3.41. The molecule has 1 heterocycles. The first-order valence-electron chi connectivity index (χ1n) is 8.71. The lowest BCUT2D eigenvalue weighted by molar-refractivity contribution is -0.139. The quantitative estimate of drug-likeness (QED) is 0.869. The van der Waals surface area contributed by atoms with Gasteiger partial charge in [0, 0.05) is 37.8 Å². The van der Waals surface area contributed by atoms with Gasteiger partial charge in [0.2, 0.25) is 5.91 Å². The van der Waals surface area contributed by atoms with Crippen molar-refractivity contribution >= 4 is 5.91 Å². The van der Waals surface area contributed by atoms with Gasteiger partial charge in [-0.2, -0.15) is 0 Å². The summed E-state index contributed by atoms with van der Waals surface area (Å²) in [6.07, 6.45) is 3.89. The van der Waals surface area contributed by atoms with Crippen molar-refractivity contribution in [2.75, 3.05) is 33.4 Å². The van der Waals surface area contributed by atoms with E-state index in [9.17, 15) is 14.3 Å². The van der Waals surface area contributed by atoms with E-state index in [1.54, 1.807) is 25.3 Å². The van der Waals surface area contributed by atoms with Crippen LogP contribution in [0.5, 0.6) is 0 Å². The Morgan fingerprint density at radius 1 is 1.33 bits per heavy atom. The molecule has 24 heavy (non-hydrogen) atoms. The molecule has 4 nitrogen and oxygen atoms in total. The van der Waals surface area contributed by atoms with Crippen LogP contribution in [0, 0.1) is 11.2 Å². The molecule has 132 valence electrons. The van der Waals surface area contributed by atoms with Crippen molar-refractivity contribution < 1.29 is 19.0 Å². The molecule has 2 fully saturated rings. The Bertz CT molecular complexity index is 602. The second kappa shape index (κ2) is 6.81. The summed E-state index contributed by atoms with van der Waals surface area (Å²) >= 11 is 0. The van der Waals surface area contributed by atoms with Crippen LogP contribution in [-0.2, 0) is 14.9 Å². The van der Waals surface area contributed by atoms with E-state index in [0.717, 1.165) is 19.3 Å². The molecule has 1 saturated carbocycles. The predicted octanol–water partition coefficient (Wildman–Crippen LogP) is 2.49. The number of piperidine rings is 1. The minimum atomic E-state index is -0.689. The lowest BCUT2D eigenvalue weighted by atomic mass is 9.77. The van der Waals surface area contributed by atoms with Crippen LogP contribution in [0.2, 0.25) is 0 Å². The molecule has 2 aliphatic rings. The molecule has 0 bridgehead atoms. The molecule has 0 aromatic heterocycles. The number of aliphatic hydroxyl groups is 1. The molecule has 1 aliphatic carbocycles.